The molecule has 3 aromatic rings. The molecule has 4 rings (SSSR count). The van der Waals surface area contributed by atoms with Crippen LogP contribution < -0.4 is 0 Å². The summed E-state index contributed by atoms with van der Waals surface area (Å²) in [4.78, 5) is 23.5. The molecule has 1 atom stereocenters. The van der Waals surface area contributed by atoms with E-state index in [4.69, 9.17) is 0 Å². The van der Waals surface area contributed by atoms with Gasteiger partial charge in [0.25, 0.3) is 0 Å². The van der Waals surface area contributed by atoms with Gasteiger partial charge in [0.05, 0.1) is 17.8 Å². The van der Waals surface area contributed by atoms with Crippen LogP contribution in [-0.4, -0.2) is 33.9 Å². The molecule has 4 nitrogen and oxygen atoms in total. The van der Waals surface area contributed by atoms with Crippen LogP contribution in [0.1, 0.15) is 30.0 Å². The van der Waals surface area contributed by atoms with Crippen molar-refractivity contribution in [2.75, 3.05) is 13.1 Å². The molecule has 2 aromatic carbocycles. The van der Waals surface area contributed by atoms with Gasteiger partial charge in [-0.25, -0.2) is 8.78 Å². The molecule has 1 amide bonds. The number of rotatable bonds is 4. The number of aromatic nitrogens is 2. The first-order chi connectivity index (χ1) is 14.1. The fourth-order valence-corrected chi connectivity index (χ4v) is 3.82. The molecular formula is C23H21F2N3O. The van der Waals surface area contributed by atoms with E-state index in [9.17, 15) is 13.6 Å². The van der Waals surface area contributed by atoms with Gasteiger partial charge in [-0.3, -0.25) is 14.8 Å². The van der Waals surface area contributed by atoms with E-state index in [0.717, 1.165) is 24.1 Å². The third-order valence-electron chi connectivity index (χ3n) is 5.28. The highest BCUT2D eigenvalue weighted by atomic mass is 19.1. The lowest BCUT2D eigenvalue weighted by Crippen LogP contribution is -2.40. The van der Waals surface area contributed by atoms with Gasteiger partial charge < -0.3 is 4.90 Å². The van der Waals surface area contributed by atoms with Crippen LogP contribution in [0.4, 0.5) is 8.78 Å². The molecule has 0 saturated carbocycles. The van der Waals surface area contributed by atoms with Gasteiger partial charge in [-0.05, 0) is 42.7 Å². The topological polar surface area (TPSA) is 46.1 Å². The molecule has 0 N–H and O–H groups in total. The molecule has 2 heterocycles. The van der Waals surface area contributed by atoms with Crippen LogP contribution in [0.3, 0.4) is 0 Å². The Bertz CT molecular complexity index is 1010. The molecule has 0 bridgehead atoms. The summed E-state index contributed by atoms with van der Waals surface area (Å²) in [6.45, 7) is 1.19. The second-order valence-corrected chi connectivity index (χ2v) is 7.25. The number of benzene rings is 2. The molecule has 29 heavy (non-hydrogen) atoms. The van der Waals surface area contributed by atoms with Crippen molar-refractivity contribution in [3.63, 3.8) is 0 Å². The maximum Gasteiger partial charge on any atom is 0.227 e. The number of hydrogen-bond acceptors (Lipinski definition) is 3. The number of hydrogen-bond donors (Lipinski definition) is 0. The third-order valence-corrected chi connectivity index (χ3v) is 5.28. The minimum absolute atomic E-state index is 0.00219. The van der Waals surface area contributed by atoms with Crippen molar-refractivity contribution < 1.29 is 13.6 Å². The number of likely N-dealkylation sites (tertiary alicyclic amines) is 1. The van der Waals surface area contributed by atoms with Gasteiger partial charge in [0.1, 0.15) is 11.6 Å². The zero-order valence-corrected chi connectivity index (χ0v) is 15.9. The summed E-state index contributed by atoms with van der Waals surface area (Å²) < 4.78 is 27.4. The molecular weight excluding hydrogens is 372 g/mol. The lowest BCUT2D eigenvalue weighted by atomic mass is 9.91. The molecule has 0 aliphatic carbocycles. The van der Waals surface area contributed by atoms with Gasteiger partial charge in [0.15, 0.2) is 0 Å². The quantitative estimate of drug-likeness (QED) is 0.661. The average molecular weight is 393 g/mol. The zero-order chi connectivity index (χ0) is 20.2. The fourth-order valence-electron chi connectivity index (χ4n) is 3.82. The van der Waals surface area contributed by atoms with Crippen LogP contribution in [0.2, 0.25) is 0 Å². The van der Waals surface area contributed by atoms with Crippen molar-refractivity contribution in [3.8, 4) is 11.3 Å². The Labute approximate surface area is 168 Å². The molecule has 0 unspecified atom stereocenters. The van der Waals surface area contributed by atoms with Gasteiger partial charge in [-0.2, -0.15) is 0 Å². The predicted octanol–water partition coefficient (Wildman–Crippen LogP) is 4.37. The Balaban J connectivity index is 1.54. The molecule has 0 spiro atoms. The summed E-state index contributed by atoms with van der Waals surface area (Å²) in [5, 5.41) is 0. The molecule has 0 radical (unpaired) electrons. The lowest BCUT2D eigenvalue weighted by molar-refractivity contribution is -0.131. The second kappa shape index (κ2) is 8.47. The largest absolute Gasteiger partial charge is 0.342 e. The van der Waals surface area contributed by atoms with Gasteiger partial charge >= 0.3 is 0 Å². The van der Waals surface area contributed by atoms with E-state index in [1.165, 1.54) is 18.2 Å². The first-order valence-electron chi connectivity index (χ1n) is 9.70. The summed E-state index contributed by atoms with van der Waals surface area (Å²) in [6.07, 6.45) is 5.10. The fraction of sp³-hybridized carbons (Fsp3) is 0.261. The Kier molecular flexibility index (Phi) is 5.60. The molecule has 148 valence electrons. The molecule has 6 heteroatoms. The molecule has 1 saturated heterocycles. The zero-order valence-electron chi connectivity index (χ0n) is 15.9. The van der Waals surface area contributed by atoms with Crippen molar-refractivity contribution in [2.45, 2.75) is 25.2 Å². The highest BCUT2D eigenvalue weighted by Gasteiger charge is 2.28. The highest BCUT2D eigenvalue weighted by Crippen LogP contribution is 2.32. The number of piperidine rings is 1. The number of nitrogens with zero attached hydrogens (tertiary/aromatic N) is 3. The number of carbonyl (C=O) groups excluding carboxylic acids is 1. The van der Waals surface area contributed by atoms with E-state index in [-0.39, 0.29) is 29.9 Å². The SMILES string of the molecule is O=C(Cc1ccc(F)cc1)N1CCC[C@@H](c2nccnc2-c2ccccc2F)C1. The van der Waals surface area contributed by atoms with Crippen LogP contribution in [0.15, 0.2) is 60.9 Å². The summed E-state index contributed by atoms with van der Waals surface area (Å²) >= 11 is 0. The van der Waals surface area contributed by atoms with E-state index in [2.05, 4.69) is 9.97 Å². The number of carbonyl (C=O) groups is 1. The van der Waals surface area contributed by atoms with Gasteiger partial charge in [0.2, 0.25) is 5.91 Å². The van der Waals surface area contributed by atoms with Gasteiger partial charge in [-0.15, -0.1) is 0 Å². The van der Waals surface area contributed by atoms with Crippen LogP contribution in [-0.2, 0) is 11.2 Å². The smallest absolute Gasteiger partial charge is 0.227 e. The van der Waals surface area contributed by atoms with E-state index in [0.29, 0.717) is 24.3 Å². The highest BCUT2D eigenvalue weighted by molar-refractivity contribution is 5.79. The van der Waals surface area contributed by atoms with Crippen molar-refractivity contribution in [1.82, 2.24) is 14.9 Å². The van der Waals surface area contributed by atoms with Crippen LogP contribution >= 0.6 is 0 Å². The third kappa shape index (κ3) is 4.31. The van der Waals surface area contributed by atoms with Crippen LogP contribution in [0.5, 0.6) is 0 Å². The molecule has 1 fully saturated rings. The van der Waals surface area contributed by atoms with E-state index >= 15 is 0 Å². The maximum absolute atomic E-state index is 14.3. The average Bonchev–Trinajstić information content (AvgIpc) is 2.76. The Morgan fingerprint density at radius 1 is 1.03 bits per heavy atom. The maximum atomic E-state index is 14.3. The monoisotopic (exact) mass is 393 g/mol. The van der Waals surface area contributed by atoms with Gasteiger partial charge in [-0.1, -0.05) is 24.3 Å². The summed E-state index contributed by atoms with van der Waals surface area (Å²) in [6, 6.07) is 12.5. The standard InChI is InChI=1S/C23H21F2N3O/c24-18-9-7-16(8-10-18)14-21(29)28-13-3-4-17(15-28)22-23(27-12-11-26-22)19-5-1-2-6-20(19)25/h1-2,5-12,17H,3-4,13-15H2/t17-/m1/s1. The molecule has 1 aliphatic rings. The van der Waals surface area contributed by atoms with Crippen LogP contribution in [0.25, 0.3) is 11.3 Å². The first-order valence-corrected chi connectivity index (χ1v) is 9.70. The Hall–Kier alpha value is -3.15. The number of amides is 1. The Morgan fingerprint density at radius 2 is 1.79 bits per heavy atom. The Morgan fingerprint density at radius 3 is 2.59 bits per heavy atom. The lowest BCUT2D eigenvalue weighted by Gasteiger charge is -2.33. The minimum atomic E-state index is -0.339. The van der Waals surface area contributed by atoms with Crippen LogP contribution in [0, 0.1) is 11.6 Å². The minimum Gasteiger partial charge on any atom is -0.342 e. The van der Waals surface area contributed by atoms with E-state index < -0.39 is 0 Å². The molecule has 1 aliphatic heterocycles. The number of halogens is 2. The molecule has 1 aromatic heterocycles. The van der Waals surface area contributed by atoms with Crippen molar-refractivity contribution in [2.24, 2.45) is 0 Å². The van der Waals surface area contributed by atoms with Crippen molar-refractivity contribution in [1.29, 1.82) is 0 Å². The van der Waals surface area contributed by atoms with Gasteiger partial charge in [0, 0.05) is 37.0 Å². The summed E-state index contributed by atoms with van der Waals surface area (Å²) in [7, 11) is 0. The van der Waals surface area contributed by atoms with E-state index in [1.54, 1.807) is 42.7 Å². The van der Waals surface area contributed by atoms with E-state index in [1.807, 2.05) is 4.90 Å². The normalized spacial score (nSPS) is 16.6. The van der Waals surface area contributed by atoms with Crippen molar-refractivity contribution in [3.05, 3.63) is 83.8 Å². The predicted molar refractivity (Wildman–Crippen MR) is 106 cm³/mol. The first kappa shape index (κ1) is 19.2. The second-order valence-electron chi connectivity index (χ2n) is 7.25. The summed E-state index contributed by atoms with van der Waals surface area (Å²) in [5.41, 5.74) is 2.45. The summed E-state index contributed by atoms with van der Waals surface area (Å²) in [5.74, 6) is -0.668. The van der Waals surface area contributed by atoms with Crippen molar-refractivity contribution >= 4 is 5.91 Å².